The molecule has 43 heavy (non-hydrogen) atoms. The van der Waals surface area contributed by atoms with Crippen molar-refractivity contribution in [1.29, 1.82) is 0 Å². The number of halogens is 2. The molecule has 10 heteroatoms. The summed E-state index contributed by atoms with van der Waals surface area (Å²) in [6.07, 6.45) is 8.60. The Kier molecular flexibility index (Phi) is 7.13. The normalized spacial score (nSPS) is 38.0. The van der Waals surface area contributed by atoms with E-state index in [0.29, 0.717) is 30.3 Å². The number of hydrogen-bond donors (Lipinski definition) is 0. The van der Waals surface area contributed by atoms with E-state index in [2.05, 4.69) is 9.97 Å². The van der Waals surface area contributed by atoms with Gasteiger partial charge in [0.2, 0.25) is 5.78 Å². The highest BCUT2D eigenvalue weighted by atomic mass is 35.5. The molecule has 0 radical (unpaired) electrons. The van der Waals surface area contributed by atoms with Gasteiger partial charge in [-0.15, -0.1) is 23.2 Å². The van der Waals surface area contributed by atoms with Crippen LogP contribution in [0.25, 0.3) is 11.0 Å². The van der Waals surface area contributed by atoms with Gasteiger partial charge in [0.1, 0.15) is 0 Å². The molecule has 0 amide bonds. The zero-order valence-corrected chi connectivity index (χ0v) is 26.1. The third kappa shape index (κ3) is 4.16. The summed E-state index contributed by atoms with van der Waals surface area (Å²) in [6, 6.07) is 7.16. The van der Waals surface area contributed by atoms with Crippen molar-refractivity contribution < 1.29 is 28.7 Å². The molecule has 3 saturated carbocycles. The fraction of sp³-hybridized carbons (Fsp3) is 0.515. The average Bonchev–Trinajstić information content (AvgIpc) is 3.18. The minimum atomic E-state index is -1.67. The van der Waals surface area contributed by atoms with Gasteiger partial charge in [-0.3, -0.25) is 19.4 Å². The summed E-state index contributed by atoms with van der Waals surface area (Å²) in [7, 11) is 0. The van der Waals surface area contributed by atoms with Crippen LogP contribution in [0.2, 0.25) is 0 Å². The van der Waals surface area contributed by atoms with E-state index >= 15 is 0 Å². The lowest BCUT2D eigenvalue weighted by Crippen LogP contribution is -2.68. The lowest BCUT2D eigenvalue weighted by atomic mass is 9.46. The van der Waals surface area contributed by atoms with E-state index in [0.717, 1.165) is 5.57 Å². The third-order valence-corrected chi connectivity index (χ3v) is 12.4. The number of benzene rings is 1. The van der Waals surface area contributed by atoms with Gasteiger partial charge >= 0.3 is 11.9 Å². The number of para-hydroxylation sites is 2. The largest absolute Gasteiger partial charge is 0.458 e. The van der Waals surface area contributed by atoms with Crippen LogP contribution in [-0.4, -0.2) is 55.9 Å². The van der Waals surface area contributed by atoms with E-state index in [1.54, 1.807) is 30.4 Å². The van der Waals surface area contributed by atoms with Gasteiger partial charge in [0.15, 0.2) is 23.7 Å². The summed E-state index contributed by atoms with van der Waals surface area (Å²) in [4.78, 5) is 60.1. The summed E-state index contributed by atoms with van der Waals surface area (Å²) in [5, 5.41) is -0.641. The van der Waals surface area contributed by atoms with Gasteiger partial charge in [-0.1, -0.05) is 44.6 Å². The molecule has 226 valence electrons. The average molecular weight is 626 g/mol. The molecule has 6 rings (SSSR count). The Morgan fingerprint density at radius 1 is 1.12 bits per heavy atom. The number of ether oxygens (including phenoxy) is 2. The Bertz CT molecular complexity index is 1620. The topological polar surface area (TPSA) is 113 Å². The third-order valence-electron chi connectivity index (χ3n) is 10.9. The predicted octanol–water partition coefficient (Wildman–Crippen LogP) is 5.79. The van der Waals surface area contributed by atoms with Crippen LogP contribution in [-0.2, 0) is 23.9 Å². The summed E-state index contributed by atoms with van der Waals surface area (Å²) < 4.78 is 11.6. The van der Waals surface area contributed by atoms with Crippen molar-refractivity contribution in [1.82, 2.24) is 9.97 Å². The van der Waals surface area contributed by atoms with Crippen molar-refractivity contribution >= 4 is 57.7 Å². The standard InChI is InChI=1S/C33H34Cl2N2O6/c1-18-13-23-22-10-9-20-14-21(39)11-12-30(20,3)32(22,35)27(34)15-31(23,4)33(18,28(40)17-42-19(2)38)43-29(41)26-16-36-24-7-5-6-8-25(24)37-26/h5-8,11-12,14,16,18,22-23,27H,9-10,13,15,17H2,1-4H3/t18?,22?,23?,27?,30?,31?,32-,33-/m0/s1. The van der Waals surface area contributed by atoms with Crippen molar-refractivity contribution in [3.63, 3.8) is 0 Å². The molecule has 6 unspecified atom stereocenters. The van der Waals surface area contributed by atoms with Crippen molar-refractivity contribution in [2.75, 3.05) is 6.61 Å². The SMILES string of the molecule is CC(=O)OCC(=O)[C@@]1(OC(=O)c2cnc3ccccc3n2)C(C)CC2C3CCC4=CC(=O)C=CC4(C)[C@@]3(Cl)C(Cl)CC21C. The first-order chi connectivity index (χ1) is 20.3. The van der Waals surface area contributed by atoms with Crippen molar-refractivity contribution in [2.45, 2.75) is 69.2 Å². The first kappa shape index (κ1) is 29.9. The first-order valence-electron chi connectivity index (χ1n) is 14.7. The highest BCUT2D eigenvalue weighted by molar-refractivity contribution is 6.34. The lowest BCUT2D eigenvalue weighted by molar-refractivity contribution is -0.173. The van der Waals surface area contributed by atoms with Crippen LogP contribution >= 0.6 is 23.2 Å². The molecule has 0 spiro atoms. The van der Waals surface area contributed by atoms with E-state index in [9.17, 15) is 19.2 Å². The summed E-state index contributed by atoms with van der Waals surface area (Å²) in [5.74, 6) is -2.72. The number of nitrogens with zero attached hydrogens (tertiary/aromatic N) is 2. The number of aromatic nitrogens is 2. The second-order valence-corrected chi connectivity index (χ2v) is 14.1. The molecule has 2 aromatic rings. The number of rotatable bonds is 5. The van der Waals surface area contributed by atoms with Crippen LogP contribution in [0.1, 0.15) is 63.9 Å². The molecule has 0 bridgehead atoms. The van der Waals surface area contributed by atoms with E-state index < -0.39 is 56.9 Å². The molecule has 0 aliphatic heterocycles. The molecule has 0 saturated heterocycles. The van der Waals surface area contributed by atoms with E-state index in [4.69, 9.17) is 32.7 Å². The van der Waals surface area contributed by atoms with Gasteiger partial charge in [-0.25, -0.2) is 9.78 Å². The highest BCUT2D eigenvalue weighted by Gasteiger charge is 2.76. The number of ketones is 2. The number of fused-ring (bicyclic) bond motifs is 6. The number of esters is 2. The lowest BCUT2D eigenvalue weighted by Gasteiger charge is -2.64. The minimum absolute atomic E-state index is 0.0282. The Morgan fingerprint density at radius 3 is 2.56 bits per heavy atom. The Hall–Kier alpha value is -3.10. The van der Waals surface area contributed by atoms with Crippen molar-refractivity contribution in [3.8, 4) is 0 Å². The molecule has 0 N–H and O–H groups in total. The number of Topliss-reactive ketones (excluding diaryl/α,β-unsaturated/α-hetero) is 1. The smallest absolute Gasteiger partial charge is 0.359 e. The van der Waals surface area contributed by atoms with E-state index in [1.807, 2.05) is 32.9 Å². The van der Waals surface area contributed by atoms with Gasteiger partial charge < -0.3 is 9.47 Å². The molecule has 3 fully saturated rings. The molecule has 1 heterocycles. The second-order valence-electron chi connectivity index (χ2n) is 12.9. The molecule has 4 aliphatic carbocycles. The van der Waals surface area contributed by atoms with Gasteiger partial charge in [0, 0.05) is 23.7 Å². The van der Waals surface area contributed by atoms with Crippen LogP contribution in [0.3, 0.4) is 0 Å². The van der Waals surface area contributed by atoms with Crippen molar-refractivity contribution in [2.24, 2.45) is 28.6 Å². The molecule has 8 atom stereocenters. The van der Waals surface area contributed by atoms with Crippen LogP contribution in [0, 0.1) is 28.6 Å². The van der Waals surface area contributed by atoms with Gasteiger partial charge in [0.25, 0.3) is 0 Å². The number of hydrogen-bond acceptors (Lipinski definition) is 8. The Morgan fingerprint density at radius 2 is 1.84 bits per heavy atom. The Labute approximate surface area is 260 Å². The number of carbonyl (C=O) groups is 4. The first-order valence-corrected chi connectivity index (χ1v) is 15.5. The highest BCUT2D eigenvalue weighted by Crippen LogP contribution is 2.73. The van der Waals surface area contributed by atoms with Crippen LogP contribution in [0.5, 0.6) is 0 Å². The van der Waals surface area contributed by atoms with Crippen LogP contribution in [0.15, 0.2) is 54.3 Å². The fourth-order valence-electron chi connectivity index (χ4n) is 8.86. The monoisotopic (exact) mass is 624 g/mol. The molecule has 4 aliphatic rings. The zero-order chi connectivity index (χ0) is 30.9. The molecule has 1 aromatic heterocycles. The second kappa shape index (κ2) is 10.2. The predicted molar refractivity (Wildman–Crippen MR) is 161 cm³/mol. The molecule has 1 aromatic carbocycles. The Balaban J connectivity index is 1.44. The van der Waals surface area contributed by atoms with E-state index in [1.165, 1.54) is 13.1 Å². The maximum absolute atomic E-state index is 14.3. The summed E-state index contributed by atoms with van der Waals surface area (Å²) >= 11 is 15.0. The molecular formula is C33H34Cl2N2O6. The number of allylic oxidation sites excluding steroid dienone is 4. The van der Waals surface area contributed by atoms with Crippen LogP contribution < -0.4 is 0 Å². The number of alkyl halides is 2. The zero-order valence-electron chi connectivity index (χ0n) is 24.6. The summed E-state index contributed by atoms with van der Waals surface area (Å²) in [5.41, 5.74) is -1.20. The van der Waals surface area contributed by atoms with Crippen molar-refractivity contribution in [3.05, 3.63) is 60.0 Å². The van der Waals surface area contributed by atoms with Gasteiger partial charge in [-0.2, -0.15) is 0 Å². The molecule has 8 nitrogen and oxygen atoms in total. The van der Waals surface area contributed by atoms with Gasteiger partial charge in [0.05, 0.1) is 27.5 Å². The maximum Gasteiger partial charge on any atom is 0.359 e. The molecular weight excluding hydrogens is 591 g/mol. The van der Waals surface area contributed by atoms with Crippen LogP contribution in [0.4, 0.5) is 0 Å². The fourth-order valence-corrected chi connectivity index (χ4v) is 10.1. The maximum atomic E-state index is 14.3. The summed E-state index contributed by atoms with van der Waals surface area (Å²) in [6.45, 7) is 6.56. The van der Waals surface area contributed by atoms with Gasteiger partial charge in [-0.05, 0) is 61.8 Å². The number of carbonyl (C=O) groups excluding carboxylic acids is 4. The quantitative estimate of drug-likeness (QED) is 0.303. The van der Waals surface area contributed by atoms with E-state index in [-0.39, 0.29) is 29.7 Å². The minimum Gasteiger partial charge on any atom is -0.458 e.